The van der Waals surface area contributed by atoms with Crippen LogP contribution < -0.4 is 15.4 Å². The van der Waals surface area contributed by atoms with E-state index in [1.807, 2.05) is 80.3 Å². The van der Waals surface area contributed by atoms with Gasteiger partial charge in [-0.3, -0.25) is 4.79 Å². The quantitative estimate of drug-likeness (QED) is 0.720. The van der Waals surface area contributed by atoms with Gasteiger partial charge in [0.2, 0.25) is 0 Å². The van der Waals surface area contributed by atoms with E-state index in [-0.39, 0.29) is 11.9 Å². The van der Waals surface area contributed by atoms with E-state index in [4.69, 9.17) is 17.0 Å². The van der Waals surface area contributed by atoms with Crippen LogP contribution in [0.1, 0.15) is 32.4 Å². The number of hydrogen-bond acceptors (Lipinski definition) is 3. The highest BCUT2D eigenvalue weighted by Gasteiger charge is 2.32. The van der Waals surface area contributed by atoms with E-state index >= 15 is 0 Å². The molecule has 1 heterocycles. The largest absolute Gasteiger partial charge is 0.457 e. The Morgan fingerprint density at radius 2 is 1.75 bits per heavy atom. The van der Waals surface area contributed by atoms with Crippen molar-refractivity contribution < 1.29 is 9.53 Å². The summed E-state index contributed by atoms with van der Waals surface area (Å²) >= 11 is 5.35. The molecule has 2 N–H and O–H groups in total. The Morgan fingerprint density at radius 3 is 2.43 bits per heavy atom. The molecule has 2 aromatic carbocycles. The Morgan fingerprint density at radius 1 is 1.07 bits per heavy atom. The summed E-state index contributed by atoms with van der Waals surface area (Å²) < 4.78 is 5.96. The molecule has 146 valence electrons. The second kappa shape index (κ2) is 8.89. The third kappa shape index (κ3) is 4.34. The maximum atomic E-state index is 13.2. The maximum absolute atomic E-state index is 13.2. The molecule has 1 unspecified atom stereocenters. The first-order valence-electron chi connectivity index (χ1n) is 9.43. The number of para-hydroxylation sites is 1. The first-order chi connectivity index (χ1) is 13.5. The summed E-state index contributed by atoms with van der Waals surface area (Å²) in [4.78, 5) is 15.0. The molecule has 28 heavy (non-hydrogen) atoms. The normalized spacial score (nSPS) is 16.2. The van der Waals surface area contributed by atoms with Gasteiger partial charge in [-0.1, -0.05) is 30.3 Å². The van der Waals surface area contributed by atoms with Gasteiger partial charge in [-0.2, -0.15) is 0 Å². The molecular weight excluding hydrogens is 370 g/mol. The smallest absolute Gasteiger partial charge is 0.253 e. The van der Waals surface area contributed by atoms with Crippen LogP contribution in [0.2, 0.25) is 0 Å². The van der Waals surface area contributed by atoms with Gasteiger partial charge in [0.1, 0.15) is 11.5 Å². The van der Waals surface area contributed by atoms with E-state index in [9.17, 15) is 4.79 Å². The van der Waals surface area contributed by atoms with Crippen molar-refractivity contribution in [3.8, 4) is 11.5 Å². The number of nitrogens with one attached hydrogen (secondary N) is 2. The first kappa shape index (κ1) is 19.9. The maximum Gasteiger partial charge on any atom is 0.253 e. The van der Waals surface area contributed by atoms with E-state index in [2.05, 4.69) is 10.6 Å². The van der Waals surface area contributed by atoms with Crippen molar-refractivity contribution in [3.63, 3.8) is 0 Å². The molecule has 1 atom stereocenters. The third-order valence-corrected chi connectivity index (χ3v) is 4.94. The molecular formula is C22H25N3O2S. The lowest BCUT2D eigenvalue weighted by molar-refractivity contribution is -0.127. The molecule has 0 bridgehead atoms. The van der Waals surface area contributed by atoms with Crippen molar-refractivity contribution in [3.05, 3.63) is 71.4 Å². The molecule has 0 fully saturated rings. The Balaban J connectivity index is 1.95. The summed E-state index contributed by atoms with van der Waals surface area (Å²) in [6, 6.07) is 17.0. The lowest BCUT2D eigenvalue weighted by atomic mass is 9.94. The number of nitrogens with zero attached hydrogens (tertiary/aromatic N) is 1. The van der Waals surface area contributed by atoms with Crippen LogP contribution in [-0.2, 0) is 4.79 Å². The molecule has 0 saturated carbocycles. The number of rotatable bonds is 6. The second-order valence-electron chi connectivity index (χ2n) is 6.54. The third-order valence-electron chi connectivity index (χ3n) is 4.72. The molecule has 0 radical (unpaired) electrons. The lowest BCUT2D eigenvalue weighted by Gasteiger charge is -2.33. The number of carbonyl (C=O) groups is 1. The molecule has 1 aliphatic heterocycles. The Bertz CT molecular complexity index is 892. The highest BCUT2D eigenvalue weighted by Crippen LogP contribution is 2.31. The van der Waals surface area contributed by atoms with Gasteiger partial charge in [-0.15, -0.1) is 0 Å². The number of ether oxygens (including phenoxy) is 1. The number of allylic oxidation sites excluding steroid dienone is 1. The highest BCUT2D eigenvalue weighted by molar-refractivity contribution is 7.80. The van der Waals surface area contributed by atoms with Crippen LogP contribution in [0.15, 0.2) is 65.9 Å². The minimum Gasteiger partial charge on any atom is -0.457 e. The predicted molar refractivity (Wildman–Crippen MR) is 115 cm³/mol. The highest BCUT2D eigenvalue weighted by atomic mass is 32.1. The van der Waals surface area contributed by atoms with Crippen LogP contribution >= 0.6 is 12.2 Å². The topological polar surface area (TPSA) is 53.6 Å². The van der Waals surface area contributed by atoms with Gasteiger partial charge in [0.05, 0.1) is 11.6 Å². The van der Waals surface area contributed by atoms with Gasteiger partial charge >= 0.3 is 0 Å². The molecule has 0 aliphatic carbocycles. The van der Waals surface area contributed by atoms with Crippen molar-refractivity contribution >= 4 is 23.2 Å². The van der Waals surface area contributed by atoms with E-state index in [0.29, 0.717) is 29.5 Å². The summed E-state index contributed by atoms with van der Waals surface area (Å²) in [6.45, 7) is 7.16. The number of thiocarbonyl (C=S) groups is 1. The fourth-order valence-corrected chi connectivity index (χ4v) is 3.56. The lowest BCUT2D eigenvalue weighted by Crippen LogP contribution is -2.47. The van der Waals surface area contributed by atoms with Crippen LogP contribution in [-0.4, -0.2) is 29.0 Å². The van der Waals surface area contributed by atoms with Gasteiger partial charge < -0.3 is 20.3 Å². The fourth-order valence-electron chi connectivity index (χ4n) is 3.29. The SMILES string of the molecule is CCN(CC)C(=O)C1=C(C)NC(=S)NC1c1cccc(Oc2ccccc2)c1. The Hall–Kier alpha value is -2.86. The van der Waals surface area contributed by atoms with Gasteiger partial charge in [0.15, 0.2) is 5.11 Å². The van der Waals surface area contributed by atoms with Crippen molar-refractivity contribution in [1.29, 1.82) is 0 Å². The number of amides is 1. The number of benzene rings is 2. The standard InChI is InChI=1S/C22H25N3O2S/c1-4-25(5-2)21(26)19-15(3)23-22(28)24-20(19)16-10-9-13-18(14-16)27-17-11-7-6-8-12-17/h6-14,20H,4-5H2,1-3H3,(H2,23,24,28). The number of likely N-dealkylation sites (N-methyl/N-ethyl adjacent to an activating group) is 1. The molecule has 1 aliphatic rings. The second-order valence-corrected chi connectivity index (χ2v) is 6.94. The van der Waals surface area contributed by atoms with E-state index < -0.39 is 0 Å². The van der Waals surface area contributed by atoms with Gasteiger partial charge in [0.25, 0.3) is 5.91 Å². The summed E-state index contributed by atoms with van der Waals surface area (Å²) in [6.07, 6.45) is 0. The van der Waals surface area contributed by atoms with Gasteiger partial charge in [0, 0.05) is 18.8 Å². The molecule has 2 aromatic rings. The Labute approximate surface area is 171 Å². The van der Waals surface area contributed by atoms with E-state index in [1.54, 1.807) is 0 Å². The van der Waals surface area contributed by atoms with Crippen molar-refractivity contribution in [1.82, 2.24) is 15.5 Å². The average molecular weight is 396 g/mol. The van der Waals surface area contributed by atoms with Crippen LogP contribution in [0.5, 0.6) is 11.5 Å². The van der Waals surface area contributed by atoms with E-state index in [1.165, 1.54) is 0 Å². The Kier molecular flexibility index (Phi) is 6.31. The minimum absolute atomic E-state index is 0.00406. The molecule has 0 saturated heterocycles. The van der Waals surface area contributed by atoms with E-state index in [0.717, 1.165) is 17.0 Å². The van der Waals surface area contributed by atoms with Gasteiger partial charge in [-0.05, 0) is 62.8 Å². The molecule has 0 aromatic heterocycles. The monoisotopic (exact) mass is 395 g/mol. The van der Waals surface area contributed by atoms with Crippen LogP contribution in [0.3, 0.4) is 0 Å². The fraction of sp³-hybridized carbons (Fsp3) is 0.273. The summed E-state index contributed by atoms with van der Waals surface area (Å²) in [7, 11) is 0. The van der Waals surface area contributed by atoms with Crippen molar-refractivity contribution in [2.24, 2.45) is 0 Å². The van der Waals surface area contributed by atoms with Crippen LogP contribution in [0.4, 0.5) is 0 Å². The summed E-state index contributed by atoms with van der Waals surface area (Å²) in [5, 5.41) is 6.84. The van der Waals surface area contributed by atoms with Crippen molar-refractivity contribution in [2.75, 3.05) is 13.1 Å². The molecule has 1 amide bonds. The number of hydrogen-bond donors (Lipinski definition) is 2. The van der Waals surface area contributed by atoms with Crippen LogP contribution in [0.25, 0.3) is 0 Å². The van der Waals surface area contributed by atoms with Crippen LogP contribution in [0, 0.1) is 0 Å². The number of carbonyl (C=O) groups excluding carboxylic acids is 1. The summed E-state index contributed by atoms with van der Waals surface area (Å²) in [5.41, 5.74) is 2.38. The molecule has 3 rings (SSSR count). The van der Waals surface area contributed by atoms with Gasteiger partial charge in [-0.25, -0.2) is 0 Å². The predicted octanol–water partition coefficient (Wildman–Crippen LogP) is 4.14. The first-order valence-corrected chi connectivity index (χ1v) is 9.84. The zero-order valence-electron chi connectivity index (χ0n) is 16.4. The molecule has 6 heteroatoms. The van der Waals surface area contributed by atoms with Crippen molar-refractivity contribution in [2.45, 2.75) is 26.8 Å². The summed E-state index contributed by atoms with van der Waals surface area (Å²) in [5.74, 6) is 1.48. The minimum atomic E-state index is -0.332. The average Bonchev–Trinajstić information content (AvgIpc) is 2.69. The zero-order chi connectivity index (χ0) is 20.1. The molecule has 0 spiro atoms. The zero-order valence-corrected chi connectivity index (χ0v) is 17.2. The molecule has 5 nitrogen and oxygen atoms in total.